The summed E-state index contributed by atoms with van der Waals surface area (Å²) in [4.78, 5) is 42.0. The van der Waals surface area contributed by atoms with E-state index in [1.165, 1.54) is 0 Å². The number of ether oxygens (including phenoxy) is 1. The molecule has 3 aromatic carbocycles. The summed E-state index contributed by atoms with van der Waals surface area (Å²) in [5.41, 5.74) is 4.34. The van der Waals surface area contributed by atoms with Gasteiger partial charge in [0.2, 0.25) is 11.8 Å². The van der Waals surface area contributed by atoms with Gasteiger partial charge in [0.05, 0.1) is 5.56 Å². The molecule has 4 aromatic rings. The van der Waals surface area contributed by atoms with E-state index in [2.05, 4.69) is 27.6 Å². The van der Waals surface area contributed by atoms with Crippen molar-refractivity contribution in [2.24, 2.45) is 7.05 Å². The third-order valence-corrected chi connectivity index (χ3v) is 8.09. The lowest BCUT2D eigenvalue weighted by atomic mass is 9.98. The van der Waals surface area contributed by atoms with Crippen molar-refractivity contribution in [2.45, 2.75) is 71.1 Å². The van der Waals surface area contributed by atoms with Crippen molar-refractivity contribution in [3.8, 4) is 28.8 Å². The summed E-state index contributed by atoms with van der Waals surface area (Å²) in [5, 5.41) is 20.7. The van der Waals surface area contributed by atoms with E-state index in [9.17, 15) is 19.5 Å². The van der Waals surface area contributed by atoms with Crippen molar-refractivity contribution < 1.29 is 24.2 Å². The SMILES string of the molecule is Cc1ccc(O)c(-c2nn(C)cc2C#Cc2ccc(NC(=O)[C@@H]3CCCCN3C(=O)[C@@H](Cc3ccccc3)NC(=O)OC(C)(C)C)cc2)c1. The molecule has 0 bridgehead atoms. The Kier molecular flexibility index (Phi) is 10.7. The highest BCUT2D eigenvalue weighted by Gasteiger charge is 2.37. The van der Waals surface area contributed by atoms with Crippen LogP contribution in [0.2, 0.25) is 0 Å². The number of phenols is 1. The number of hydrogen-bond donors (Lipinski definition) is 3. The van der Waals surface area contributed by atoms with E-state index in [0.717, 1.165) is 29.5 Å². The first-order valence-electron chi connectivity index (χ1n) is 16.5. The molecule has 1 saturated heterocycles. The molecule has 49 heavy (non-hydrogen) atoms. The number of alkyl carbamates (subject to hydrolysis) is 1. The van der Waals surface area contributed by atoms with Crippen molar-refractivity contribution in [1.82, 2.24) is 20.0 Å². The number of phenolic OH excluding ortho intramolecular Hbond substituents is 1. The number of carbonyl (C=O) groups excluding carboxylic acids is 3. The highest BCUT2D eigenvalue weighted by molar-refractivity contribution is 5.98. The molecule has 10 nitrogen and oxygen atoms in total. The zero-order valence-electron chi connectivity index (χ0n) is 28.6. The van der Waals surface area contributed by atoms with Crippen LogP contribution in [0.1, 0.15) is 62.3 Å². The molecule has 1 aliphatic rings. The second kappa shape index (κ2) is 15.1. The number of aryl methyl sites for hydroxylation is 2. The molecule has 3 amide bonds. The molecule has 10 heteroatoms. The summed E-state index contributed by atoms with van der Waals surface area (Å²) < 4.78 is 7.12. The molecule has 0 saturated carbocycles. The van der Waals surface area contributed by atoms with Gasteiger partial charge in [-0.3, -0.25) is 14.3 Å². The van der Waals surface area contributed by atoms with Gasteiger partial charge in [-0.2, -0.15) is 5.10 Å². The second-order valence-electron chi connectivity index (χ2n) is 13.3. The number of nitrogens with one attached hydrogen (secondary N) is 2. The van der Waals surface area contributed by atoms with Gasteiger partial charge >= 0.3 is 6.09 Å². The van der Waals surface area contributed by atoms with Gasteiger partial charge in [0, 0.05) is 43.0 Å². The first-order chi connectivity index (χ1) is 23.4. The predicted octanol–water partition coefficient (Wildman–Crippen LogP) is 5.96. The van der Waals surface area contributed by atoms with E-state index in [1.54, 1.807) is 55.6 Å². The van der Waals surface area contributed by atoms with Crippen molar-refractivity contribution in [3.63, 3.8) is 0 Å². The molecule has 0 radical (unpaired) electrons. The summed E-state index contributed by atoms with van der Waals surface area (Å²) in [6.07, 6.45) is 3.46. The van der Waals surface area contributed by atoms with Crippen LogP contribution in [0.25, 0.3) is 11.3 Å². The molecule has 0 aliphatic carbocycles. The zero-order valence-corrected chi connectivity index (χ0v) is 28.6. The Bertz CT molecular complexity index is 1870. The van der Waals surface area contributed by atoms with E-state index in [1.807, 2.05) is 67.7 Å². The molecule has 2 atom stereocenters. The average molecular weight is 662 g/mol. The Morgan fingerprint density at radius 2 is 1.76 bits per heavy atom. The number of aromatic hydroxyl groups is 1. The molecule has 2 heterocycles. The van der Waals surface area contributed by atoms with E-state index in [4.69, 9.17) is 4.74 Å². The van der Waals surface area contributed by atoms with Crippen LogP contribution in [0.15, 0.2) is 79.0 Å². The maximum Gasteiger partial charge on any atom is 0.408 e. The molecule has 1 aromatic heterocycles. The van der Waals surface area contributed by atoms with Gasteiger partial charge in [-0.25, -0.2) is 4.79 Å². The quantitative estimate of drug-likeness (QED) is 0.210. The number of benzene rings is 3. The third-order valence-electron chi connectivity index (χ3n) is 8.09. The largest absolute Gasteiger partial charge is 0.507 e. The minimum Gasteiger partial charge on any atom is -0.507 e. The molecule has 1 fully saturated rings. The minimum atomic E-state index is -0.904. The highest BCUT2D eigenvalue weighted by atomic mass is 16.6. The van der Waals surface area contributed by atoms with E-state index >= 15 is 0 Å². The maximum absolute atomic E-state index is 14.0. The molecule has 0 unspecified atom stereocenters. The van der Waals surface area contributed by atoms with Gasteiger partial charge in [-0.15, -0.1) is 0 Å². The Balaban J connectivity index is 1.29. The van der Waals surface area contributed by atoms with Gasteiger partial charge < -0.3 is 25.4 Å². The molecule has 1 aliphatic heterocycles. The van der Waals surface area contributed by atoms with Crippen molar-refractivity contribution in [2.75, 3.05) is 11.9 Å². The smallest absolute Gasteiger partial charge is 0.408 e. The highest BCUT2D eigenvalue weighted by Crippen LogP contribution is 2.31. The Labute approximate surface area is 287 Å². The fraction of sp³-hybridized carbons (Fsp3) is 0.333. The van der Waals surface area contributed by atoms with E-state index < -0.39 is 23.8 Å². The number of nitrogens with zero attached hydrogens (tertiary/aromatic N) is 3. The summed E-state index contributed by atoms with van der Waals surface area (Å²) in [7, 11) is 1.81. The number of likely N-dealkylation sites (tertiary alicyclic amines) is 1. The lowest BCUT2D eigenvalue weighted by Crippen LogP contribution is -2.57. The lowest BCUT2D eigenvalue weighted by Gasteiger charge is -2.37. The van der Waals surface area contributed by atoms with Gasteiger partial charge in [0.25, 0.3) is 0 Å². The standard InChI is InChI=1S/C39H43N5O5/c1-26-14-21-34(45)31(23-26)35-29(25-43(5)42-35)18-15-27-16-19-30(20-17-27)40-36(46)33-13-9-10-22-44(33)37(47)32(24-28-11-7-6-8-12-28)41-38(48)49-39(2,3)4/h6-8,11-12,14,16-17,19-21,23,25,32-33,45H,9-10,13,22,24H2,1-5H3,(H,40,46)(H,41,48)/t32-,33+/m1/s1. The maximum atomic E-state index is 14.0. The monoisotopic (exact) mass is 661 g/mol. The first kappa shape index (κ1) is 34.8. The minimum absolute atomic E-state index is 0.136. The molecular formula is C39H43N5O5. The van der Waals surface area contributed by atoms with E-state index in [0.29, 0.717) is 35.5 Å². The summed E-state index contributed by atoms with van der Waals surface area (Å²) in [6.45, 7) is 7.65. The van der Waals surface area contributed by atoms with Gasteiger partial charge in [0.1, 0.15) is 29.1 Å². The van der Waals surface area contributed by atoms with Crippen molar-refractivity contribution in [3.05, 3.63) is 101 Å². The first-order valence-corrected chi connectivity index (χ1v) is 16.5. The van der Waals surface area contributed by atoms with Crippen LogP contribution >= 0.6 is 0 Å². The number of rotatable bonds is 7. The van der Waals surface area contributed by atoms with Crippen LogP contribution in [0.3, 0.4) is 0 Å². The number of piperidine rings is 1. The second-order valence-corrected chi connectivity index (χ2v) is 13.3. The third kappa shape index (κ3) is 9.29. The number of aromatic nitrogens is 2. The molecule has 5 rings (SSSR count). The average Bonchev–Trinajstić information content (AvgIpc) is 3.44. The predicted molar refractivity (Wildman–Crippen MR) is 189 cm³/mol. The Morgan fingerprint density at radius 1 is 1.02 bits per heavy atom. The van der Waals surface area contributed by atoms with E-state index in [-0.39, 0.29) is 24.0 Å². The van der Waals surface area contributed by atoms with Crippen LogP contribution in [0.4, 0.5) is 10.5 Å². The number of anilines is 1. The molecule has 0 spiro atoms. The summed E-state index contributed by atoms with van der Waals surface area (Å²) in [6, 6.07) is 20.4. The lowest BCUT2D eigenvalue weighted by molar-refractivity contribution is -0.142. The van der Waals surface area contributed by atoms with Crippen LogP contribution in [-0.4, -0.2) is 61.9 Å². The topological polar surface area (TPSA) is 126 Å². The molecule has 3 N–H and O–H groups in total. The summed E-state index contributed by atoms with van der Waals surface area (Å²) >= 11 is 0. The van der Waals surface area contributed by atoms with Crippen LogP contribution in [0, 0.1) is 18.8 Å². The Morgan fingerprint density at radius 3 is 2.47 bits per heavy atom. The number of carbonyl (C=O) groups is 3. The van der Waals surface area contributed by atoms with Gasteiger partial charge in [0.15, 0.2) is 0 Å². The van der Waals surface area contributed by atoms with Crippen LogP contribution < -0.4 is 10.6 Å². The van der Waals surface area contributed by atoms with Gasteiger partial charge in [-0.1, -0.05) is 53.8 Å². The molecular weight excluding hydrogens is 618 g/mol. The number of hydrogen-bond acceptors (Lipinski definition) is 6. The normalized spacial score (nSPS) is 15.0. The summed E-state index contributed by atoms with van der Waals surface area (Å²) in [5.74, 6) is 5.84. The fourth-order valence-electron chi connectivity index (χ4n) is 5.79. The van der Waals surface area contributed by atoms with Crippen molar-refractivity contribution in [1.29, 1.82) is 0 Å². The van der Waals surface area contributed by atoms with Crippen LogP contribution in [0.5, 0.6) is 5.75 Å². The fourth-order valence-corrected chi connectivity index (χ4v) is 5.79. The number of amides is 3. The van der Waals surface area contributed by atoms with Crippen molar-refractivity contribution >= 4 is 23.6 Å². The zero-order chi connectivity index (χ0) is 35.1. The van der Waals surface area contributed by atoms with Gasteiger partial charge in [-0.05, 0) is 88.9 Å². The van der Waals surface area contributed by atoms with Crippen LogP contribution in [-0.2, 0) is 27.8 Å². The Hall–Kier alpha value is -5.56. The molecule has 254 valence electrons.